The summed E-state index contributed by atoms with van der Waals surface area (Å²) in [5, 5.41) is 3.09. The van der Waals surface area contributed by atoms with Crippen molar-refractivity contribution < 1.29 is 14.3 Å². The van der Waals surface area contributed by atoms with Gasteiger partial charge in [0.25, 0.3) is 0 Å². The second-order valence-electron chi connectivity index (χ2n) is 6.50. The van der Waals surface area contributed by atoms with Gasteiger partial charge in [-0.3, -0.25) is 9.59 Å². The number of benzene rings is 2. The third-order valence-corrected chi connectivity index (χ3v) is 4.61. The lowest BCUT2D eigenvalue weighted by atomic mass is 10.1. The van der Waals surface area contributed by atoms with E-state index in [2.05, 4.69) is 5.32 Å². The van der Waals surface area contributed by atoms with Crippen molar-refractivity contribution in [3.8, 4) is 5.75 Å². The second-order valence-corrected chi connectivity index (χ2v) is 6.50. The summed E-state index contributed by atoms with van der Waals surface area (Å²) in [4.78, 5) is 26.4. The summed E-state index contributed by atoms with van der Waals surface area (Å²) in [5.74, 6) is 0.823. The van der Waals surface area contributed by atoms with Gasteiger partial charge in [0, 0.05) is 19.5 Å². The van der Waals surface area contributed by atoms with Crippen molar-refractivity contribution >= 4 is 11.8 Å². The molecule has 2 amide bonds. The monoisotopic (exact) mass is 352 g/mol. The zero-order valence-corrected chi connectivity index (χ0v) is 15.0. The molecule has 0 saturated carbocycles. The summed E-state index contributed by atoms with van der Waals surface area (Å²) < 4.78 is 5.21. The predicted molar refractivity (Wildman–Crippen MR) is 99.8 cm³/mol. The van der Waals surface area contributed by atoms with Gasteiger partial charge in [0.2, 0.25) is 11.8 Å². The van der Waals surface area contributed by atoms with Crippen molar-refractivity contribution in [1.29, 1.82) is 0 Å². The summed E-state index contributed by atoms with van der Waals surface area (Å²) in [6, 6.07) is 17.1. The highest BCUT2D eigenvalue weighted by molar-refractivity contribution is 5.80. The normalized spacial score (nSPS) is 15.0. The van der Waals surface area contributed by atoms with Gasteiger partial charge < -0.3 is 15.0 Å². The first-order valence-electron chi connectivity index (χ1n) is 8.90. The van der Waals surface area contributed by atoms with Gasteiger partial charge in [-0.05, 0) is 29.7 Å². The number of amides is 2. The van der Waals surface area contributed by atoms with Crippen molar-refractivity contribution in [3.05, 3.63) is 65.7 Å². The molecule has 5 nitrogen and oxygen atoms in total. The summed E-state index contributed by atoms with van der Waals surface area (Å²) in [6.07, 6.45) is 1.76. The van der Waals surface area contributed by atoms with Gasteiger partial charge in [-0.1, -0.05) is 42.5 Å². The van der Waals surface area contributed by atoms with Crippen LogP contribution in [-0.4, -0.2) is 36.9 Å². The van der Waals surface area contributed by atoms with Gasteiger partial charge in [0.15, 0.2) is 0 Å². The topological polar surface area (TPSA) is 58.6 Å². The van der Waals surface area contributed by atoms with Crippen LogP contribution in [0.1, 0.15) is 30.0 Å². The fraction of sp³-hybridized carbons (Fsp3) is 0.333. The predicted octanol–water partition coefficient (Wildman–Crippen LogP) is 2.72. The average Bonchev–Trinajstić information content (AvgIpc) is 3.06. The molecule has 1 aliphatic heterocycles. The van der Waals surface area contributed by atoms with Crippen LogP contribution in [-0.2, 0) is 16.0 Å². The maximum absolute atomic E-state index is 12.6. The Morgan fingerprint density at radius 3 is 2.69 bits per heavy atom. The number of rotatable bonds is 7. The number of likely N-dealkylation sites (tertiary alicyclic amines) is 1. The molecule has 5 heteroatoms. The number of methoxy groups -OCH3 is 1. The van der Waals surface area contributed by atoms with E-state index < -0.39 is 0 Å². The molecule has 1 heterocycles. The Hall–Kier alpha value is -2.82. The van der Waals surface area contributed by atoms with Crippen molar-refractivity contribution in [3.63, 3.8) is 0 Å². The van der Waals surface area contributed by atoms with Crippen molar-refractivity contribution in [2.45, 2.75) is 25.3 Å². The van der Waals surface area contributed by atoms with Gasteiger partial charge in [0.05, 0.1) is 19.6 Å². The number of nitrogens with one attached hydrogen (secondary N) is 1. The molecule has 0 spiro atoms. The average molecular weight is 352 g/mol. The third kappa shape index (κ3) is 4.63. The number of carbonyl (C=O) groups is 2. The van der Waals surface area contributed by atoms with E-state index in [9.17, 15) is 9.59 Å². The van der Waals surface area contributed by atoms with E-state index in [-0.39, 0.29) is 24.3 Å². The fourth-order valence-electron chi connectivity index (χ4n) is 3.25. The van der Waals surface area contributed by atoms with E-state index in [1.165, 1.54) is 0 Å². The van der Waals surface area contributed by atoms with Gasteiger partial charge in [-0.25, -0.2) is 0 Å². The van der Waals surface area contributed by atoms with Crippen LogP contribution in [0.25, 0.3) is 0 Å². The number of hydrogen-bond donors (Lipinski definition) is 1. The lowest BCUT2D eigenvalue weighted by Gasteiger charge is -2.25. The number of nitrogens with zero attached hydrogens (tertiary/aromatic N) is 1. The number of hydrogen-bond acceptors (Lipinski definition) is 3. The lowest BCUT2D eigenvalue weighted by molar-refractivity contribution is -0.129. The first kappa shape index (κ1) is 18.0. The lowest BCUT2D eigenvalue weighted by Crippen LogP contribution is -2.39. The molecular weight excluding hydrogens is 328 g/mol. The molecule has 1 N–H and O–H groups in total. The first-order valence-corrected chi connectivity index (χ1v) is 8.90. The maximum atomic E-state index is 12.6. The minimum atomic E-state index is -0.212. The second kappa shape index (κ2) is 8.52. The van der Waals surface area contributed by atoms with Gasteiger partial charge >= 0.3 is 0 Å². The highest BCUT2D eigenvalue weighted by Crippen LogP contribution is 2.19. The molecule has 0 radical (unpaired) electrons. The smallest absolute Gasteiger partial charge is 0.224 e. The Labute approximate surface area is 154 Å². The van der Waals surface area contributed by atoms with Crippen LogP contribution in [0.4, 0.5) is 0 Å². The quantitative estimate of drug-likeness (QED) is 0.833. The van der Waals surface area contributed by atoms with Crippen LogP contribution in [0.15, 0.2) is 54.6 Å². The molecule has 26 heavy (non-hydrogen) atoms. The molecule has 0 unspecified atom stereocenters. The Balaban J connectivity index is 1.70. The third-order valence-electron chi connectivity index (χ3n) is 4.61. The minimum Gasteiger partial charge on any atom is -0.497 e. The zero-order chi connectivity index (χ0) is 18.4. The molecule has 0 aliphatic carbocycles. The number of carbonyl (C=O) groups excluding carboxylic acids is 2. The molecule has 1 aliphatic rings. The molecule has 136 valence electrons. The first-order chi connectivity index (χ1) is 12.7. The van der Waals surface area contributed by atoms with Gasteiger partial charge in [-0.15, -0.1) is 0 Å². The van der Waals surface area contributed by atoms with Crippen LogP contribution < -0.4 is 10.1 Å². The molecule has 1 atom stereocenters. The van der Waals surface area contributed by atoms with Crippen LogP contribution in [0.2, 0.25) is 0 Å². The molecule has 0 aromatic heterocycles. The van der Waals surface area contributed by atoms with Crippen LogP contribution in [0.3, 0.4) is 0 Å². The van der Waals surface area contributed by atoms with Crippen molar-refractivity contribution in [1.82, 2.24) is 10.2 Å². The molecule has 2 aromatic carbocycles. The van der Waals surface area contributed by atoms with Crippen molar-refractivity contribution in [2.75, 3.05) is 20.2 Å². The van der Waals surface area contributed by atoms with E-state index in [4.69, 9.17) is 4.74 Å². The maximum Gasteiger partial charge on any atom is 0.224 e. The highest BCUT2D eigenvalue weighted by atomic mass is 16.5. The minimum absolute atomic E-state index is 0.0706. The highest BCUT2D eigenvalue weighted by Gasteiger charge is 2.25. The summed E-state index contributed by atoms with van der Waals surface area (Å²) >= 11 is 0. The standard InChI is InChI=1S/C21H24N2O3/c1-26-18-10-5-7-16(13-18)14-20(24)22-19(17-8-3-2-4-9-17)15-23-12-6-11-21(23)25/h2-5,7-10,13,19H,6,11-12,14-15H2,1H3,(H,22,24)/t19-/m0/s1. The van der Waals surface area contributed by atoms with E-state index >= 15 is 0 Å². The van der Waals surface area contributed by atoms with E-state index in [1.54, 1.807) is 7.11 Å². The summed E-state index contributed by atoms with van der Waals surface area (Å²) in [5.41, 5.74) is 1.90. The molecule has 1 saturated heterocycles. The molecule has 1 fully saturated rings. The largest absolute Gasteiger partial charge is 0.497 e. The van der Waals surface area contributed by atoms with Crippen LogP contribution in [0, 0.1) is 0 Å². The Morgan fingerprint density at radius 2 is 2.00 bits per heavy atom. The molecule has 0 bridgehead atoms. The van der Waals surface area contributed by atoms with Crippen molar-refractivity contribution in [2.24, 2.45) is 0 Å². The Morgan fingerprint density at radius 1 is 1.19 bits per heavy atom. The summed E-state index contributed by atoms with van der Waals surface area (Å²) in [7, 11) is 1.61. The van der Waals surface area contributed by atoms with E-state index in [1.807, 2.05) is 59.5 Å². The SMILES string of the molecule is COc1cccc(CC(=O)N[C@@H](CN2CCCC2=O)c2ccccc2)c1. The van der Waals surface area contributed by atoms with Crippen LogP contribution in [0.5, 0.6) is 5.75 Å². The number of ether oxygens (including phenoxy) is 1. The summed E-state index contributed by atoms with van der Waals surface area (Å²) in [6.45, 7) is 1.26. The fourth-order valence-corrected chi connectivity index (χ4v) is 3.25. The van der Waals surface area contributed by atoms with E-state index in [0.29, 0.717) is 13.0 Å². The Kier molecular flexibility index (Phi) is 5.89. The molecular formula is C21H24N2O3. The molecule has 2 aromatic rings. The van der Waals surface area contributed by atoms with Crippen LogP contribution >= 0.6 is 0 Å². The van der Waals surface area contributed by atoms with Gasteiger partial charge in [0.1, 0.15) is 5.75 Å². The molecule has 3 rings (SSSR count). The Bertz CT molecular complexity index is 761. The zero-order valence-electron chi connectivity index (χ0n) is 15.0. The van der Waals surface area contributed by atoms with Gasteiger partial charge in [-0.2, -0.15) is 0 Å². The van der Waals surface area contributed by atoms with E-state index in [0.717, 1.165) is 29.8 Å².